The van der Waals surface area contributed by atoms with Crippen LogP contribution in [0.25, 0.3) is 0 Å². The van der Waals surface area contributed by atoms with E-state index in [1.165, 1.54) is 0 Å². The maximum atomic E-state index is 10.3. The Hall–Kier alpha value is -0.360. The van der Waals surface area contributed by atoms with Crippen molar-refractivity contribution >= 4 is 43.2 Å². The van der Waals surface area contributed by atoms with Gasteiger partial charge >= 0.3 is 0 Å². The fraction of sp³-hybridized carbons (Fsp3) is 0.286. The average molecular weight is 406 g/mol. The number of aliphatic hydroxyl groups excluding tert-OH is 1. The van der Waals surface area contributed by atoms with Gasteiger partial charge in [0.1, 0.15) is 5.75 Å². The summed E-state index contributed by atoms with van der Waals surface area (Å²) in [6.45, 7) is 2.03. The molecule has 1 aromatic carbocycles. The second kappa shape index (κ2) is 6.39. The van der Waals surface area contributed by atoms with Crippen LogP contribution in [-0.2, 0) is 6.42 Å². The minimum Gasteiger partial charge on any atom is -0.497 e. The highest BCUT2D eigenvalue weighted by Crippen LogP contribution is 2.34. The van der Waals surface area contributed by atoms with E-state index in [0.29, 0.717) is 6.42 Å². The van der Waals surface area contributed by atoms with E-state index in [1.54, 1.807) is 18.4 Å². The third-order valence-electron chi connectivity index (χ3n) is 2.87. The molecule has 0 saturated carbocycles. The van der Waals surface area contributed by atoms with Gasteiger partial charge in [0.15, 0.2) is 0 Å². The number of methoxy groups -OCH3 is 1. The summed E-state index contributed by atoms with van der Waals surface area (Å²) in [7, 11) is 1.64. The molecule has 0 aliphatic heterocycles. The van der Waals surface area contributed by atoms with Gasteiger partial charge in [0, 0.05) is 15.8 Å². The Kier molecular flexibility index (Phi) is 5.06. The van der Waals surface area contributed by atoms with Crippen molar-refractivity contribution in [1.29, 1.82) is 0 Å². The number of hydrogen-bond donors (Lipinski definition) is 1. The molecule has 2 aromatic rings. The average Bonchev–Trinajstić information content (AvgIpc) is 2.72. The number of thiophene rings is 1. The summed E-state index contributed by atoms with van der Waals surface area (Å²) in [4.78, 5) is 0.971. The van der Waals surface area contributed by atoms with Gasteiger partial charge in [-0.05, 0) is 58.2 Å². The molecule has 0 bridgehead atoms. The Morgan fingerprint density at radius 1 is 1.32 bits per heavy atom. The lowest BCUT2D eigenvalue weighted by atomic mass is 10.1. The lowest BCUT2D eigenvalue weighted by Crippen LogP contribution is -2.00. The van der Waals surface area contributed by atoms with Gasteiger partial charge in [-0.25, -0.2) is 0 Å². The van der Waals surface area contributed by atoms with Crippen LogP contribution in [0.15, 0.2) is 32.5 Å². The molecule has 0 amide bonds. The predicted molar refractivity (Wildman–Crippen MR) is 86.1 cm³/mol. The molecule has 0 fully saturated rings. The molecule has 1 aromatic heterocycles. The number of halogens is 2. The van der Waals surface area contributed by atoms with Gasteiger partial charge < -0.3 is 9.84 Å². The molecular formula is C14H14Br2O2S. The van der Waals surface area contributed by atoms with Crippen molar-refractivity contribution in [3.63, 3.8) is 0 Å². The van der Waals surface area contributed by atoms with Crippen LogP contribution in [-0.4, -0.2) is 12.2 Å². The highest BCUT2D eigenvalue weighted by molar-refractivity contribution is 9.11. The third-order valence-corrected chi connectivity index (χ3v) is 5.88. The maximum Gasteiger partial charge on any atom is 0.119 e. The maximum absolute atomic E-state index is 10.3. The lowest BCUT2D eigenvalue weighted by molar-refractivity contribution is 0.182. The zero-order valence-corrected chi connectivity index (χ0v) is 14.6. The number of aliphatic hydroxyl groups is 1. The van der Waals surface area contributed by atoms with E-state index in [4.69, 9.17) is 4.74 Å². The van der Waals surface area contributed by atoms with Crippen molar-refractivity contribution in [2.75, 3.05) is 7.11 Å². The van der Waals surface area contributed by atoms with Crippen LogP contribution in [0, 0.1) is 6.92 Å². The van der Waals surface area contributed by atoms with Crippen LogP contribution in [0.4, 0.5) is 0 Å². The molecule has 2 nitrogen and oxygen atoms in total. The van der Waals surface area contributed by atoms with Gasteiger partial charge in [-0.1, -0.05) is 15.9 Å². The smallest absolute Gasteiger partial charge is 0.119 e. The largest absolute Gasteiger partial charge is 0.497 e. The summed E-state index contributed by atoms with van der Waals surface area (Å²) in [5.74, 6) is 0.800. The summed E-state index contributed by atoms with van der Waals surface area (Å²) in [5.41, 5.74) is 2.19. The molecule has 2 rings (SSSR count). The lowest BCUT2D eigenvalue weighted by Gasteiger charge is -2.11. The topological polar surface area (TPSA) is 29.5 Å². The van der Waals surface area contributed by atoms with Gasteiger partial charge in [0.25, 0.3) is 0 Å². The van der Waals surface area contributed by atoms with E-state index in [1.807, 2.05) is 31.2 Å². The SMILES string of the molecule is COc1ccc(Br)c(CC(O)c2cc(C)c(Br)s2)c1. The molecule has 1 N–H and O–H groups in total. The van der Waals surface area contributed by atoms with Crippen LogP contribution in [0.5, 0.6) is 5.75 Å². The quantitative estimate of drug-likeness (QED) is 0.786. The minimum absolute atomic E-state index is 0.501. The zero-order chi connectivity index (χ0) is 14.0. The van der Waals surface area contributed by atoms with Crippen molar-refractivity contribution in [1.82, 2.24) is 0 Å². The van der Waals surface area contributed by atoms with Crippen molar-refractivity contribution < 1.29 is 9.84 Å². The van der Waals surface area contributed by atoms with Crippen LogP contribution >= 0.6 is 43.2 Å². The molecule has 0 aliphatic carbocycles. The van der Waals surface area contributed by atoms with E-state index in [-0.39, 0.29) is 0 Å². The second-order valence-electron chi connectivity index (χ2n) is 4.28. The molecule has 1 atom stereocenters. The van der Waals surface area contributed by atoms with Crippen LogP contribution < -0.4 is 4.74 Å². The van der Waals surface area contributed by atoms with E-state index in [0.717, 1.165) is 30.0 Å². The molecule has 0 radical (unpaired) electrons. The Morgan fingerprint density at radius 3 is 2.63 bits per heavy atom. The molecule has 1 heterocycles. The number of rotatable bonds is 4. The van der Waals surface area contributed by atoms with E-state index >= 15 is 0 Å². The Balaban J connectivity index is 2.20. The molecule has 102 valence electrons. The molecule has 5 heteroatoms. The monoisotopic (exact) mass is 404 g/mol. The fourth-order valence-corrected chi connectivity index (χ4v) is 3.76. The van der Waals surface area contributed by atoms with Gasteiger partial charge in [0.2, 0.25) is 0 Å². The van der Waals surface area contributed by atoms with Crippen LogP contribution in [0.2, 0.25) is 0 Å². The Morgan fingerprint density at radius 2 is 2.05 bits per heavy atom. The van der Waals surface area contributed by atoms with Crippen LogP contribution in [0.1, 0.15) is 22.1 Å². The summed E-state index contributed by atoms with van der Waals surface area (Å²) < 4.78 is 7.27. The number of aryl methyl sites for hydroxylation is 1. The summed E-state index contributed by atoms with van der Waals surface area (Å²) in [6.07, 6.45) is 0.0582. The van der Waals surface area contributed by atoms with E-state index in [9.17, 15) is 5.11 Å². The van der Waals surface area contributed by atoms with Gasteiger partial charge in [0.05, 0.1) is 17.0 Å². The number of benzene rings is 1. The molecule has 0 spiro atoms. The third kappa shape index (κ3) is 3.60. The van der Waals surface area contributed by atoms with Crippen LogP contribution in [0.3, 0.4) is 0 Å². The first-order chi connectivity index (χ1) is 9.01. The standard InChI is InChI=1S/C14H14Br2O2S/c1-8-5-13(19-14(8)16)12(17)7-9-6-10(18-2)3-4-11(9)15/h3-6,12,17H,7H2,1-2H3. The molecule has 19 heavy (non-hydrogen) atoms. The first kappa shape index (κ1) is 15.0. The Labute approximate surface area is 133 Å². The number of hydrogen-bond acceptors (Lipinski definition) is 3. The van der Waals surface area contributed by atoms with Crippen molar-refractivity contribution in [3.8, 4) is 5.75 Å². The first-order valence-electron chi connectivity index (χ1n) is 5.77. The molecule has 1 unspecified atom stereocenters. The van der Waals surface area contributed by atoms with E-state index in [2.05, 4.69) is 31.9 Å². The number of ether oxygens (including phenoxy) is 1. The molecular weight excluding hydrogens is 392 g/mol. The van der Waals surface area contributed by atoms with Gasteiger partial charge in [-0.15, -0.1) is 11.3 Å². The Bertz CT molecular complexity index is 561. The molecule has 0 saturated heterocycles. The minimum atomic E-state index is -0.501. The van der Waals surface area contributed by atoms with Gasteiger partial charge in [-0.3, -0.25) is 0 Å². The molecule has 0 aliphatic rings. The van der Waals surface area contributed by atoms with E-state index < -0.39 is 6.10 Å². The summed E-state index contributed by atoms with van der Waals surface area (Å²) in [5, 5.41) is 10.3. The normalized spacial score (nSPS) is 12.5. The summed E-state index contributed by atoms with van der Waals surface area (Å²) in [6, 6.07) is 7.80. The first-order valence-corrected chi connectivity index (χ1v) is 8.18. The van der Waals surface area contributed by atoms with Gasteiger partial charge in [-0.2, -0.15) is 0 Å². The van der Waals surface area contributed by atoms with Crippen molar-refractivity contribution in [2.45, 2.75) is 19.4 Å². The highest BCUT2D eigenvalue weighted by Gasteiger charge is 2.15. The second-order valence-corrected chi connectivity index (χ2v) is 7.54. The van der Waals surface area contributed by atoms with Crippen molar-refractivity contribution in [3.05, 3.63) is 48.5 Å². The zero-order valence-electron chi connectivity index (χ0n) is 10.6. The predicted octanol–water partition coefficient (Wildman–Crippen LogP) is 4.87. The fourth-order valence-electron chi connectivity index (χ4n) is 1.79. The van der Waals surface area contributed by atoms with Crippen molar-refractivity contribution in [2.24, 2.45) is 0 Å². The summed E-state index contributed by atoms with van der Waals surface area (Å²) >= 11 is 8.57. The highest BCUT2D eigenvalue weighted by atomic mass is 79.9.